The second kappa shape index (κ2) is 7.72. The molecule has 2 aromatic carbocycles. The van der Waals surface area contributed by atoms with Crippen molar-refractivity contribution in [2.24, 2.45) is 0 Å². The molecule has 2 aromatic rings. The summed E-state index contributed by atoms with van der Waals surface area (Å²) in [4.78, 5) is 0.985. The van der Waals surface area contributed by atoms with Crippen LogP contribution in [0.4, 0.5) is 8.78 Å². The molecule has 21 heavy (non-hydrogen) atoms. The molecule has 0 aliphatic carbocycles. The van der Waals surface area contributed by atoms with Gasteiger partial charge >= 0.3 is 0 Å². The fourth-order valence-corrected chi connectivity index (χ4v) is 3.61. The maximum Gasteiger partial charge on any atom is 0.143 e. The second-order valence-corrected chi connectivity index (χ2v) is 7.31. The van der Waals surface area contributed by atoms with Gasteiger partial charge < -0.3 is 5.11 Å². The van der Waals surface area contributed by atoms with Gasteiger partial charge in [-0.05, 0) is 46.3 Å². The summed E-state index contributed by atoms with van der Waals surface area (Å²) in [6, 6.07) is 10.2. The minimum Gasteiger partial charge on any atom is -0.392 e. The summed E-state index contributed by atoms with van der Waals surface area (Å²) >= 11 is 7.83. The lowest BCUT2D eigenvalue weighted by Crippen LogP contribution is -2.16. The van der Waals surface area contributed by atoms with Gasteiger partial charge in [-0.25, -0.2) is 8.78 Å². The Balaban J connectivity index is 1.99. The SMILES string of the molecule is OC(CSc1cccc(Br)c1)Cc1c(F)ccc(Br)c1F. The number of hydrogen-bond acceptors (Lipinski definition) is 2. The van der Waals surface area contributed by atoms with E-state index in [1.807, 2.05) is 24.3 Å². The topological polar surface area (TPSA) is 20.2 Å². The number of benzene rings is 2. The minimum absolute atomic E-state index is 0.0574. The zero-order valence-electron chi connectivity index (χ0n) is 10.8. The van der Waals surface area contributed by atoms with E-state index in [0.717, 1.165) is 9.37 Å². The van der Waals surface area contributed by atoms with Crippen LogP contribution < -0.4 is 0 Å². The summed E-state index contributed by atoms with van der Waals surface area (Å²) in [6.07, 6.45) is -0.884. The van der Waals surface area contributed by atoms with E-state index < -0.39 is 17.7 Å². The van der Waals surface area contributed by atoms with Gasteiger partial charge in [0.2, 0.25) is 0 Å². The summed E-state index contributed by atoms with van der Waals surface area (Å²) in [5.74, 6) is -0.925. The number of aliphatic hydroxyl groups is 1. The van der Waals surface area contributed by atoms with Crippen molar-refractivity contribution in [2.75, 3.05) is 5.75 Å². The highest BCUT2D eigenvalue weighted by Gasteiger charge is 2.16. The van der Waals surface area contributed by atoms with Crippen LogP contribution in [-0.4, -0.2) is 17.0 Å². The van der Waals surface area contributed by atoms with Gasteiger partial charge in [0, 0.05) is 27.1 Å². The van der Waals surface area contributed by atoms with Crippen LogP contribution >= 0.6 is 43.6 Å². The van der Waals surface area contributed by atoms with E-state index in [2.05, 4.69) is 31.9 Å². The molecule has 0 radical (unpaired) electrons. The molecule has 1 unspecified atom stereocenters. The monoisotopic (exact) mass is 436 g/mol. The van der Waals surface area contributed by atoms with Gasteiger partial charge in [0.25, 0.3) is 0 Å². The van der Waals surface area contributed by atoms with Gasteiger partial charge in [-0.15, -0.1) is 11.8 Å². The van der Waals surface area contributed by atoms with Crippen LogP contribution in [0.25, 0.3) is 0 Å². The first-order valence-electron chi connectivity index (χ1n) is 6.16. The molecule has 0 bridgehead atoms. The third-order valence-corrected chi connectivity index (χ3v) is 5.06. The average molecular weight is 438 g/mol. The van der Waals surface area contributed by atoms with E-state index in [0.29, 0.717) is 5.75 Å². The molecule has 0 heterocycles. The number of rotatable bonds is 5. The Morgan fingerprint density at radius 1 is 1.14 bits per heavy atom. The highest BCUT2D eigenvalue weighted by molar-refractivity contribution is 9.10. The standard InChI is InChI=1S/C15H12Br2F2OS/c16-9-2-1-3-11(6-9)21-8-10(20)7-12-14(18)5-4-13(17)15(12)19/h1-6,10,20H,7-8H2. The first-order valence-corrected chi connectivity index (χ1v) is 8.73. The highest BCUT2D eigenvalue weighted by atomic mass is 79.9. The Labute approximate surface area is 143 Å². The Kier molecular flexibility index (Phi) is 6.22. The fraction of sp³-hybridized carbons (Fsp3) is 0.200. The van der Waals surface area contributed by atoms with Crippen LogP contribution in [0, 0.1) is 11.6 Å². The predicted octanol–water partition coefficient (Wildman–Crippen LogP) is 5.19. The first-order chi connectivity index (χ1) is 9.97. The van der Waals surface area contributed by atoms with Crippen LogP contribution in [-0.2, 0) is 6.42 Å². The summed E-state index contributed by atoms with van der Waals surface area (Å²) in [6.45, 7) is 0. The molecule has 2 rings (SSSR count). The second-order valence-electron chi connectivity index (χ2n) is 4.45. The van der Waals surface area contributed by atoms with Crippen LogP contribution in [0.2, 0.25) is 0 Å². The number of thioether (sulfide) groups is 1. The van der Waals surface area contributed by atoms with Crippen molar-refractivity contribution in [3.8, 4) is 0 Å². The van der Waals surface area contributed by atoms with E-state index in [9.17, 15) is 13.9 Å². The van der Waals surface area contributed by atoms with Crippen molar-refractivity contribution in [3.05, 3.63) is 62.5 Å². The third-order valence-electron chi connectivity index (χ3n) is 2.82. The summed E-state index contributed by atoms with van der Waals surface area (Å²) in [7, 11) is 0. The van der Waals surface area contributed by atoms with Crippen LogP contribution in [0.15, 0.2) is 50.2 Å². The first kappa shape index (κ1) is 16.9. The van der Waals surface area contributed by atoms with Gasteiger partial charge in [-0.2, -0.15) is 0 Å². The fourth-order valence-electron chi connectivity index (χ4n) is 1.80. The lowest BCUT2D eigenvalue weighted by molar-refractivity contribution is 0.197. The number of aliphatic hydroxyl groups excluding tert-OH is 1. The molecule has 112 valence electrons. The maximum atomic E-state index is 13.8. The van der Waals surface area contributed by atoms with Crippen molar-refractivity contribution >= 4 is 43.6 Å². The summed E-state index contributed by atoms with van der Waals surface area (Å²) < 4.78 is 28.6. The Morgan fingerprint density at radius 3 is 2.62 bits per heavy atom. The molecular weight excluding hydrogens is 426 g/mol. The van der Waals surface area contributed by atoms with Gasteiger partial charge in [0.05, 0.1) is 10.6 Å². The third kappa shape index (κ3) is 4.77. The quantitative estimate of drug-likeness (QED) is 0.513. The van der Waals surface area contributed by atoms with Crippen LogP contribution in [0.5, 0.6) is 0 Å². The molecule has 0 aromatic heterocycles. The Bertz CT molecular complexity index is 637. The van der Waals surface area contributed by atoms with Crippen molar-refractivity contribution in [3.63, 3.8) is 0 Å². The van der Waals surface area contributed by atoms with E-state index >= 15 is 0 Å². The molecule has 1 atom stereocenters. The highest BCUT2D eigenvalue weighted by Crippen LogP contribution is 2.26. The number of hydrogen-bond donors (Lipinski definition) is 1. The Hall–Kier alpha value is -0.430. The van der Waals surface area contributed by atoms with Crippen molar-refractivity contribution in [2.45, 2.75) is 17.4 Å². The molecule has 0 amide bonds. The van der Waals surface area contributed by atoms with Crippen molar-refractivity contribution in [1.82, 2.24) is 0 Å². The zero-order chi connectivity index (χ0) is 15.4. The van der Waals surface area contributed by atoms with E-state index in [1.165, 1.54) is 23.9 Å². The largest absolute Gasteiger partial charge is 0.392 e. The lowest BCUT2D eigenvalue weighted by atomic mass is 10.1. The van der Waals surface area contributed by atoms with Gasteiger partial charge in [0.15, 0.2) is 0 Å². The van der Waals surface area contributed by atoms with E-state index in [1.54, 1.807) is 0 Å². The van der Waals surface area contributed by atoms with Gasteiger partial charge in [0.1, 0.15) is 11.6 Å². The van der Waals surface area contributed by atoms with Crippen molar-refractivity contribution < 1.29 is 13.9 Å². The molecule has 6 heteroatoms. The van der Waals surface area contributed by atoms with Gasteiger partial charge in [-0.1, -0.05) is 22.0 Å². The molecule has 0 saturated heterocycles. The normalized spacial score (nSPS) is 12.4. The molecule has 0 spiro atoms. The average Bonchev–Trinajstić information content (AvgIpc) is 2.46. The molecule has 0 aliphatic heterocycles. The van der Waals surface area contributed by atoms with E-state index in [4.69, 9.17) is 0 Å². The lowest BCUT2D eigenvalue weighted by Gasteiger charge is -2.12. The molecular formula is C15H12Br2F2OS. The Morgan fingerprint density at radius 2 is 1.90 bits per heavy atom. The summed E-state index contributed by atoms with van der Waals surface area (Å²) in [5.41, 5.74) is -0.0910. The van der Waals surface area contributed by atoms with Crippen molar-refractivity contribution in [1.29, 1.82) is 0 Å². The predicted molar refractivity (Wildman–Crippen MR) is 88.6 cm³/mol. The molecule has 0 aliphatic rings. The minimum atomic E-state index is -0.827. The summed E-state index contributed by atoms with van der Waals surface area (Å²) in [5, 5.41) is 9.99. The van der Waals surface area contributed by atoms with Crippen LogP contribution in [0.3, 0.4) is 0 Å². The molecule has 0 saturated carbocycles. The molecule has 0 fully saturated rings. The molecule has 1 nitrogen and oxygen atoms in total. The molecule has 1 N–H and O–H groups in total. The van der Waals surface area contributed by atoms with Crippen LogP contribution in [0.1, 0.15) is 5.56 Å². The zero-order valence-corrected chi connectivity index (χ0v) is 14.8. The maximum absolute atomic E-state index is 13.8. The van der Waals surface area contributed by atoms with Gasteiger partial charge in [-0.3, -0.25) is 0 Å². The van der Waals surface area contributed by atoms with E-state index in [-0.39, 0.29) is 16.5 Å². The number of halogens is 4. The smallest absolute Gasteiger partial charge is 0.143 e.